The largest absolute Gasteiger partial charge is 0.370 e. The molecule has 21 heavy (non-hydrogen) atoms. The lowest BCUT2D eigenvalue weighted by molar-refractivity contribution is 0.547. The monoisotopic (exact) mass is 288 g/mol. The van der Waals surface area contributed by atoms with Gasteiger partial charge in [0.15, 0.2) is 5.82 Å². The number of aryl methyl sites for hydroxylation is 1. The first-order valence-electron chi connectivity index (χ1n) is 7.28. The number of anilines is 3. The Morgan fingerprint density at radius 3 is 2.43 bits per heavy atom. The molecule has 2 heterocycles. The molecule has 6 nitrogen and oxygen atoms in total. The van der Waals surface area contributed by atoms with E-state index in [0.717, 1.165) is 36.2 Å². The van der Waals surface area contributed by atoms with Gasteiger partial charge in [0.1, 0.15) is 17.5 Å². The Bertz CT molecular complexity index is 596. The summed E-state index contributed by atoms with van der Waals surface area (Å²) >= 11 is 0. The van der Waals surface area contributed by atoms with Gasteiger partial charge in [-0.3, -0.25) is 4.68 Å². The van der Waals surface area contributed by atoms with E-state index in [0.29, 0.717) is 0 Å². The quantitative estimate of drug-likeness (QED) is 0.885. The average molecular weight is 288 g/mol. The second-order valence-electron chi connectivity index (χ2n) is 6.14. The van der Waals surface area contributed by atoms with Crippen LogP contribution in [0.2, 0.25) is 0 Å². The Morgan fingerprint density at radius 2 is 1.86 bits per heavy atom. The molecule has 114 valence electrons. The van der Waals surface area contributed by atoms with Crippen LogP contribution < -0.4 is 10.6 Å². The maximum atomic E-state index is 4.61. The van der Waals surface area contributed by atoms with Crippen LogP contribution in [0.1, 0.15) is 39.9 Å². The number of rotatable bonds is 5. The minimum absolute atomic E-state index is 0.107. The standard InChI is InChI=1S/C15H24N6/c1-6-8-16-12-10-13(17-11-7-9-21(5)20-11)19-14(18-12)15(2,3)4/h7,9-10H,6,8H2,1-5H3,(H2,16,17,18,19,20). The van der Waals surface area contributed by atoms with Crippen molar-refractivity contribution in [3.63, 3.8) is 0 Å². The van der Waals surface area contributed by atoms with Crippen LogP contribution in [0.25, 0.3) is 0 Å². The van der Waals surface area contributed by atoms with Gasteiger partial charge in [-0.15, -0.1) is 0 Å². The summed E-state index contributed by atoms with van der Waals surface area (Å²) in [5.74, 6) is 3.18. The second kappa shape index (κ2) is 6.11. The summed E-state index contributed by atoms with van der Waals surface area (Å²) in [5.41, 5.74) is -0.107. The van der Waals surface area contributed by atoms with Crippen LogP contribution >= 0.6 is 0 Å². The minimum Gasteiger partial charge on any atom is -0.370 e. The molecule has 0 amide bonds. The molecule has 0 aliphatic rings. The summed E-state index contributed by atoms with van der Waals surface area (Å²) in [4.78, 5) is 9.21. The first-order valence-corrected chi connectivity index (χ1v) is 7.28. The van der Waals surface area contributed by atoms with E-state index in [9.17, 15) is 0 Å². The number of hydrogen-bond acceptors (Lipinski definition) is 5. The third-order valence-electron chi connectivity index (χ3n) is 2.92. The minimum atomic E-state index is -0.107. The Labute approximate surface area is 126 Å². The van der Waals surface area contributed by atoms with E-state index < -0.39 is 0 Å². The molecule has 0 fully saturated rings. The average Bonchev–Trinajstić information content (AvgIpc) is 2.80. The zero-order valence-corrected chi connectivity index (χ0v) is 13.4. The van der Waals surface area contributed by atoms with Crippen molar-refractivity contribution in [2.24, 2.45) is 7.05 Å². The van der Waals surface area contributed by atoms with E-state index in [1.165, 1.54) is 0 Å². The Kier molecular flexibility index (Phi) is 4.45. The molecule has 0 aliphatic carbocycles. The molecule has 2 aromatic rings. The molecule has 0 unspecified atom stereocenters. The normalized spacial score (nSPS) is 11.5. The van der Waals surface area contributed by atoms with Crippen LogP contribution in [-0.2, 0) is 12.5 Å². The summed E-state index contributed by atoms with van der Waals surface area (Å²) in [7, 11) is 1.89. The highest BCUT2D eigenvalue weighted by atomic mass is 15.3. The van der Waals surface area contributed by atoms with E-state index in [-0.39, 0.29) is 5.41 Å². The van der Waals surface area contributed by atoms with Crippen molar-refractivity contribution >= 4 is 17.5 Å². The molecular formula is C15H24N6. The van der Waals surface area contributed by atoms with E-state index in [1.54, 1.807) is 4.68 Å². The fourth-order valence-electron chi connectivity index (χ4n) is 1.80. The number of aromatic nitrogens is 4. The Hall–Kier alpha value is -2.11. The lowest BCUT2D eigenvalue weighted by Gasteiger charge is -2.19. The van der Waals surface area contributed by atoms with Crippen LogP contribution in [0.15, 0.2) is 18.3 Å². The molecule has 2 rings (SSSR count). The summed E-state index contributed by atoms with van der Waals surface area (Å²) in [6, 6.07) is 3.83. The van der Waals surface area contributed by atoms with Gasteiger partial charge in [0.2, 0.25) is 0 Å². The van der Waals surface area contributed by atoms with Crippen molar-refractivity contribution in [1.29, 1.82) is 0 Å². The first-order chi connectivity index (χ1) is 9.88. The molecule has 0 saturated heterocycles. The van der Waals surface area contributed by atoms with E-state index >= 15 is 0 Å². The molecule has 0 radical (unpaired) electrons. The first kappa shape index (κ1) is 15.3. The zero-order valence-electron chi connectivity index (χ0n) is 13.4. The lowest BCUT2D eigenvalue weighted by atomic mass is 9.96. The molecular weight excluding hydrogens is 264 g/mol. The van der Waals surface area contributed by atoms with Gasteiger partial charge >= 0.3 is 0 Å². The summed E-state index contributed by atoms with van der Waals surface area (Å²) in [5, 5.41) is 10.9. The molecule has 2 aromatic heterocycles. The second-order valence-corrected chi connectivity index (χ2v) is 6.14. The smallest absolute Gasteiger partial charge is 0.153 e. The van der Waals surface area contributed by atoms with Crippen molar-refractivity contribution < 1.29 is 0 Å². The van der Waals surface area contributed by atoms with E-state index in [4.69, 9.17) is 0 Å². The summed E-state index contributed by atoms with van der Waals surface area (Å²) in [6.45, 7) is 9.35. The number of nitrogens with one attached hydrogen (secondary N) is 2. The van der Waals surface area contributed by atoms with Gasteiger partial charge < -0.3 is 10.6 Å². The number of hydrogen-bond donors (Lipinski definition) is 2. The molecule has 0 aliphatic heterocycles. The van der Waals surface area contributed by atoms with Crippen molar-refractivity contribution in [1.82, 2.24) is 19.7 Å². The molecule has 0 atom stereocenters. The van der Waals surface area contributed by atoms with Gasteiger partial charge in [0.05, 0.1) is 0 Å². The third-order valence-corrected chi connectivity index (χ3v) is 2.92. The zero-order chi connectivity index (χ0) is 15.5. The van der Waals surface area contributed by atoms with Gasteiger partial charge in [-0.1, -0.05) is 27.7 Å². The molecule has 0 saturated carbocycles. The Balaban J connectivity index is 2.30. The van der Waals surface area contributed by atoms with Gasteiger partial charge in [0.25, 0.3) is 0 Å². The molecule has 2 N–H and O–H groups in total. The summed E-state index contributed by atoms with van der Waals surface area (Å²) < 4.78 is 1.75. The fourth-order valence-corrected chi connectivity index (χ4v) is 1.80. The van der Waals surface area contributed by atoms with Gasteiger partial charge in [-0.25, -0.2) is 9.97 Å². The van der Waals surface area contributed by atoms with Crippen LogP contribution in [0.5, 0.6) is 0 Å². The van der Waals surface area contributed by atoms with Crippen LogP contribution in [0.3, 0.4) is 0 Å². The van der Waals surface area contributed by atoms with E-state index in [1.807, 2.05) is 25.4 Å². The van der Waals surface area contributed by atoms with Crippen LogP contribution in [-0.4, -0.2) is 26.3 Å². The number of nitrogens with zero attached hydrogens (tertiary/aromatic N) is 4. The van der Waals surface area contributed by atoms with Gasteiger partial charge in [-0.2, -0.15) is 5.10 Å². The van der Waals surface area contributed by atoms with Crippen molar-refractivity contribution in [3.05, 3.63) is 24.2 Å². The highest BCUT2D eigenvalue weighted by Gasteiger charge is 2.19. The predicted octanol–water partition coefficient (Wildman–Crippen LogP) is 3.07. The van der Waals surface area contributed by atoms with Crippen molar-refractivity contribution in [2.75, 3.05) is 17.2 Å². The predicted molar refractivity (Wildman–Crippen MR) is 86.0 cm³/mol. The topological polar surface area (TPSA) is 67.7 Å². The maximum Gasteiger partial charge on any atom is 0.153 e. The Morgan fingerprint density at radius 1 is 1.14 bits per heavy atom. The highest BCUT2D eigenvalue weighted by Crippen LogP contribution is 2.23. The summed E-state index contributed by atoms with van der Waals surface area (Å²) in [6.07, 6.45) is 2.95. The highest BCUT2D eigenvalue weighted by molar-refractivity contribution is 5.56. The van der Waals surface area contributed by atoms with E-state index in [2.05, 4.69) is 53.4 Å². The van der Waals surface area contributed by atoms with Crippen LogP contribution in [0, 0.1) is 0 Å². The fraction of sp³-hybridized carbons (Fsp3) is 0.533. The van der Waals surface area contributed by atoms with Crippen LogP contribution in [0.4, 0.5) is 17.5 Å². The SMILES string of the molecule is CCCNc1cc(Nc2ccn(C)n2)nc(C(C)(C)C)n1. The molecule has 6 heteroatoms. The molecule has 0 spiro atoms. The van der Waals surface area contributed by atoms with Crippen molar-refractivity contribution in [3.8, 4) is 0 Å². The maximum absolute atomic E-state index is 4.61. The molecule has 0 bridgehead atoms. The van der Waals surface area contributed by atoms with Crippen molar-refractivity contribution in [2.45, 2.75) is 39.5 Å². The molecule has 0 aromatic carbocycles. The lowest BCUT2D eigenvalue weighted by Crippen LogP contribution is -2.18. The third kappa shape index (κ3) is 4.18. The van der Waals surface area contributed by atoms with Gasteiger partial charge in [0, 0.05) is 37.3 Å². The van der Waals surface area contributed by atoms with Gasteiger partial charge in [-0.05, 0) is 6.42 Å².